The Morgan fingerprint density at radius 3 is 2.55 bits per heavy atom. The molecule has 0 N–H and O–H groups in total. The lowest BCUT2D eigenvalue weighted by molar-refractivity contribution is 0.415. The van der Waals surface area contributed by atoms with Crippen LogP contribution in [0.4, 0.5) is 5.69 Å². The third kappa shape index (κ3) is 2.84. The van der Waals surface area contributed by atoms with E-state index in [1.54, 1.807) is 44.4 Å². The Balaban J connectivity index is 2.45. The van der Waals surface area contributed by atoms with Crippen LogP contribution in [0.25, 0.3) is 0 Å². The fourth-order valence-corrected chi connectivity index (χ4v) is 5.35. The molecule has 0 amide bonds. The number of methoxy groups -OCH3 is 1. The van der Waals surface area contributed by atoms with Gasteiger partial charge in [0.15, 0.2) is 0 Å². The predicted molar refractivity (Wildman–Crippen MR) is 85.3 cm³/mol. The standard InChI is InChI=1S/C13H14BrNO3S2/c1-9-12(8-13(14)19-9)20(16,17)15(2)10-5-4-6-11(7-10)18-3/h4-8H,1-3H3. The van der Waals surface area contributed by atoms with Gasteiger partial charge in [0.1, 0.15) is 10.6 Å². The molecule has 1 aromatic heterocycles. The first kappa shape index (κ1) is 15.3. The number of aryl methyl sites for hydroxylation is 1. The van der Waals surface area contributed by atoms with Gasteiger partial charge in [-0.3, -0.25) is 4.31 Å². The maximum Gasteiger partial charge on any atom is 0.265 e. The number of ether oxygens (including phenoxy) is 1. The van der Waals surface area contributed by atoms with Gasteiger partial charge < -0.3 is 4.74 Å². The van der Waals surface area contributed by atoms with Gasteiger partial charge in [0.2, 0.25) is 0 Å². The fraction of sp³-hybridized carbons (Fsp3) is 0.231. The van der Waals surface area contributed by atoms with Gasteiger partial charge in [0.05, 0.1) is 16.6 Å². The molecule has 0 aliphatic rings. The molecule has 0 saturated heterocycles. The van der Waals surface area contributed by atoms with E-state index < -0.39 is 10.0 Å². The Morgan fingerprint density at radius 2 is 2.00 bits per heavy atom. The molecule has 0 bridgehead atoms. The van der Waals surface area contributed by atoms with Crippen LogP contribution in [0.5, 0.6) is 5.75 Å². The zero-order valence-corrected chi connectivity index (χ0v) is 14.5. The first-order valence-electron chi connectivity index (χ1n) is 5.75. The molecule has 0 radical (unpaired) electrons. The third-order valence-corrected chi connectivity index (χ3v) is 6.49. The van der Waals surface area contributed by atoms with Crippen LogP contribution in [0, 0.1) is 6.92 Å². The maximum absolute atomic E-state index is 12.6. The van der Waals surface area contributed by atoms with Crippen LogP contribution in [0.15, 0.2) is 39.0 Å². The summed E-state index contributed by atoms with van der Waals surface area (Å²) in [5.41, 5.74) is 0.561. The number of hydrogen-bond donors (Lipinski definition) is 0. The number of benzene rings is 1. The second-order valence-electron chi connectivity index (χ2n) is 4.14. The van der Waals surface area contributed by atoms with Gasteiger partial charge in [-0.2, -0.15) is 0 Å². The van der Waals surface area contributed by atoms with E-state index in [0.29, 0.717) is 16.3 Å². The quantitative estimate of drug-likeness (QED) is 0.818. The normalized spacial score (nSPS) is 11.4. The zero-order chi connectivity index (χ0) is 14.9. The van der Waals surface area contributed by atoms with Crippen LogP contribution >= 0.6 is 27.3 Å². The van der Waals surface area contributed by atoms with Crippen molar-refractivity contribution >= 4 is 43.0 Å². The number of sulfonamides is 1. The highest BCUT2D eigenvalue weighted by Crippen LogP contribution is 2.33. The van der Waals surface area contributed by atoms with Crippen molar-refractivity contribution in [3.63, 3.8) is 0 Å². The first-order valence-corrected chi connectivity index (χ1v) is 8.80. The summed E-state index contributed by atoms with van der Waals surface area (Å²) in [5.74, 6) is 0.618. The Bertz CT molecular complexity index is 725. The average Bonchev–Trinajstić information content (AvgIpc) is 2.77. The van der Waals surface area contributed by atoms with E-state index in [4.69, 9.17) is 4.74 Å². The van der Waals surface area contributed by atoms with E-state index >= 15 is 0 Å². The highest BCUT2D eigenvalue weighted by Gasteiger charge is 2.25. The highest BCUT2D eigenvalue weighted by atomic mass is 79.9. The van der Waals surface area contributed by atoms with Crippen LogP contribution in [-0.2, 0) is 10.0 Å². The van der Waals surface area contributed by atoms with E-state index in [0.717, 1.165) is 8.66 Å². The van der Waals surface area contributed by atoms with Crippen molar-refractivity contribution in [1.82, 2.24) is 0 Å². The van der Waals surface area contributed by atoms with Gasteiger partial charge in [-0.05, 0) is 41.1 Å². The zero-order valence-electron chi connectivity index (χ0n) is 11.3. The summed E-state index contributed by atoms with van der Waals surface area (Å²) in [6.45, 7) is 1.79. The van der Waals surface area contributed by atoms with Crippen molar-refractivity contribution in [3.05, 3.63) is 39.0 Å². The highest BCUT2D eigenvalue weighted by molar-refractivity contribution is 9.11. The number of nitrogens with zero attached hydrogens (tertiary/aromatic N) is 1. The Morgan fingerprint density at radius 1 is 1.30 bits per heavy atom. The average molecular weight is 376 g/mol. The van der Waals surface area contributed by atoms with Crippen molar-refractivity contribution < 1.29 is 13.2 Å². The second kappa shape index (κ2) is 5.75. The van der Waals surface area contributed by atoms with Crippen LogP contribution in [0.2, 0.25) is 0 Å². The molecule has 2 aromatic rings. The van der Waals surface area contributed by atoms with E-state index in [1.807, 2.05) is 0 Å². The van der Waals surface area contributed by atoms with Gasteiger partial charge in [-0.25, -0.2) is 8.42 Å². The summed E-state index contributed by atoms with van der Waals surface area (Å²) in [5, 5.41) is 0. The number of rotatable bonds is 4. The van der Waals surface area contributed by atoms with E-state index in [2.05, 4.69) is 15.9 Å². The van der Waals surface area contributed by atoms with Gasteiger partial charge in [-0.15, -0.1) is 11.3 Å². The van der Waals surface area contributed by atoms with E-state index in [1.165, 1.54) is 22.7 Å². The summed E-state index contributed by atoms with van der Waals surface area (Å²) >= 11 is 4.72. The molecule has 20 heavy (non-hydrogen) atoms. The van der Waals surface area contributed by atoms with Crippen molar-refractivity contribution in [2.45, 2.75) is 11.8 Å². The molecule has 0 aliphatic carbocycles. The molecule has 0 unspecified atom stereocenters. The minimum atomic E-state index is -3.57. The Labute approximate surface area is 131 Å². The minimum absolute atomic E-state index is 0.319. The number of hydrogen-bond acceptors (Lipinski definition) is 4. The molecule has 4 nitrogen and oxygen atoms in total. The van der Waals surface area contributed by atoms with E-state index in [9.17, 15) is 8.42 Å². The monoisotopic (exact) mass is 375 g/mol. The lowest BCUT2D eigenvalue weighted by Crippen LogP contribution is -2.26. The lowest BCUT2D eigenvalue weighted by atomic mass is 10.3. The molecular weight excluding hydrogens is 362 g/mol. The van der Waals surface area contributed by atoms with Crippen LogP contribution in [-0.4, -0.2) is 22.6 Å². The minimum Gasteiger partial charge on any atom is -0.497 e. The molecule has 108 valence electrons. The van der Waals surface area contributed by atoms with Gasteiger partial charge in [-0.1, -0.05) is 6.07 Å². The molecule has 1 aromatic carbocycles. The molecule has 0 fully saturated rings. The van der Waals surface area contributed by atoms with Crippen molar-refractivity contribution in [3.8, 4) is 5.75 Å². The molecular formula is C13H14BrNO3S2. The van der Waals surface area contributed by atoms with Crippen molar-refractivity contribution in [1.29, 1.82) is 0 Å². The van der Waals surface area contributed by atoms with Crippen LogP contribution in [0.3, 0.4) is 0 Å². The summed E-state index contributed by atoms with van der Waals surface area (Å²) in [7, 11) is -0.482. The fourth-order valence-electron chi connectivity index (χ4n) is 1.78. The smallest absolute Gasteiger partial charge is 0.265 e. The van der Waals surface area contributed by atoms with Crippen molar-refractivity contribution in [2.75, 3.05) is 18.5 Å². The maximum atomic E-state index is 12.6. The molecule has 7 heteroatoms. The number of halogens is 1. The Hall–Kier alpha value is -1.05. The molecule has 0 saturated carbocycles. The molecule has 0 spiro atoms. The summed E-state index contributed by atoms with van der Waals surface area (Å²) in [4.78, 5) is 1.08. The first-order chi connectivity index (χ1) is 9.36. The predicted octanol–water partition coefficient (Wildman–Crippen LogP) is 3.65. The molecule has 2 rings (SSSR count). The Kier molecular flexibility index (Phi) is 4.41. The van der Waals surface area contributed by atoms with Gasteiger partial charge >= 0.3 is 0 Å². The SMILES string of the molecule is COc1cccc(N(C)S(=O)(=O)c2cc(Br)sc2C)c1. The lowest BCUT2D eigenvalue weighted by Gasteiger charge is -2.19. The number of anilines is 1. The van der Waals surface area contributed by atoms with Crippen molar-refractivity contribution in [2.24, 2.45) is 0 Å². The van der Waals surface area contributed by atoms with Crippen LogP contribution in [0.1, 0.15) is 4.88 Å². The summed E-state index contributed by atoms with van der Waals surface area (Å²) < 4.78 is 32.5. The third-order valence-electron chi connectivity index (χ3n) is 2.90. The number of thiophene rings is 1. The second-order valence-corrected chi connectivity index (χ2v) is 8.72. The van der Waals surface area contributed by atoms with E-state index in [-0.39, 0.29) is 0 Å². The summed E-state index contributed by atoms with van der Waals surface area (Å²) in [6, 6.07) is 8.59. The summed E-state index contributed by atoms with van der Waals surface area (Å²) in [6.07, 6.45) is 0. The topological polar surface area (TPSA) is 46.6 Å². The van der Waals surface area contributed by atoms with Gasteiger partial charge in [0.25, 0.3) is 10.0 Å². The van der Waals surface area contributed by atoms with Gasteiger partial charge in [0, 0.05) is 18.0 Å². The molecule has 0 aliphatic heterocycles. The largest absolute Gasteiger partial charge is 0.497 e. The molecule has 1 heterocycles. The van der Waals surface area contributed by atoms with Crippen LogP contribution < -0.4 is 9.04 Å². The molecule has 0 atom stereocenters.